The predicted octanol–water partition coefficient (Wildman–Crippen LogP) is 1.01. The Labute approximate surface area is 147 Å². The van der Waals surface area contributed by atoms with Crippen LogP contribution in [0.5, 0.6) is 0 Å². The Hall–Kier alpha value is -2.25. The van der Waals surface area contributed by atoms with Crippen molar-refractivity contribution in [2.75, 3.05) is 45.2 Å². The number of likely N-dealkylation sites (N-methyl/N-ethyl adjacent to an activating group) is 1. The Bertz CT molecular complexity index is 624. The van der Waals surface area contributed by atoms with Gasteiger partial charge in [-0.25, -0.2) is 0 Å². The van der Waals surface area contributed by atoms with Gasteiger partial charge >= 0.3 is 0 Å². The van der Waals surface area contributed by atoms with Crippen LogP contribution in [-0.2, 0) is 14.3 Å². The third-order valence-corrected chi connectivity index (χ3v) is 4.35. The molecule has 0 radical (unpaired) electrons. The van der Waals surface area contributed by atoms with Gasteiger partial charge in [0.05, 0.1) is 25.8 Å². The van der Waals surface area contributed by atoms with E-state index in [4.69, 9.17) is 4.74 Å². The number of Topliss-reactive ketones (excluding diaryl/α,β-unsaturated/α-hetero) is 1. The predicted molar refractivity (Wildman–Crippen MR) is 94.6 cm³/mol. The van der Waals surface area contributed by atoms with Gasteiger partial charge in [0.15, 0.2) is 5.78 Å². The van der Waals surface area contributed by atoms with Crippen LogP contribution in [0.1, 0.15) is 24.2 Å². The fraction of sp³-hybridized carbons (Fsp3) is 0.500. The minimum atomic E-state index is -0.461. The van der Waals surface area contributed by atoms with Crippen molar-refractivity contribution in [1.29, 1.82) is 0 Å². The summed E-state index contributed by atoms with van der Waals surface area (Å²) in [4.78, 5) is 39.4. The highest BCUT2D eigenvalue weighted by molar-refractivity contribution is 5.97. The van der Waals surface area contributed by atoms with E-state index >= 15 is 0 Å². The van der Waals surface area contributed by atoms with E-state index in [1.807, 2.05) is 0 Å². The first-order valence-electron chi connectivity index (χ1n) is 8.36. The number of hydrogen-bond donors (Lipinski definition) is 1. The van der Waals surface area contributed by atoms with Gasteiger partial charge in [-0.1, -0.05) is 0 Å². The van der Waals surface area contributed by atoms with Crippen molar-refractivity contribution in [1.82, 2.24) is 9.80 Å². The van der Waals surface area contributed by atoms with Crippen LogP contribution in [0.25, 0.3) is 0 Å². The molecule has 1 saturated heterocycles. The van der Waals surface area contributed by atoms with E-state index in [0.717, 1.165) is 0 Å². The maximum absolute atomic E-state index is 12.4. The van der Waals surface area contributed by atoms with Crippen molar-refractivity contribution in [3.63, 3.8) is 0 Å². The van der Waals surface area contributed by atoms with Gasteiger partial charge in [-0.3, -0.25) is 19.3 Å². The molecule has 1 N–H and O–H groups in total. The molecule has 0 unspecified atom stereocenters. The number of nitrogens with zero attached hydrogens (tertiary/aromatic N) is 2. The smallest absolute Gasteiger partial charge is 0.241 e. The van der Waals surface area contributed by atoms with E-state index in [-0.39, 0.29) is 24.1 Å². The van der Waals surface area contributed by atoms with E-state index in [0.29, 0.717) is 37.6 Å². The lowest BCUT2D eigenvalue weighted by atomic mass is 10.1. The molecule has 136 valence electrons. The molecule has 1 aromatic rings. The van der Waals surface area contributed by atoms with Crippen molar-refractivity contribution < 1.29 is 19.1 Å². The monoisotopic (exact) mass is 347 g/mol. The molecule has 0 saturated carbocycles. The SMILES string of the molecule is CC(=O)c1ccc(NC(=O)[C@H](C)N(C)CC(=O)N2CCOCC2)cc1. The van der Waals surface area contributed by atoms with Crippen LogP contribution in [0.3, 0.4) is 0 Å². The number of ether oxygens (including phenoxy) is 1. The first-order chi connectivity index (χ1) is 11.9. The summed E-state index contributed by atoms with van der Waals surface area (Å²) in [6.45, 7) is 5.73. The van der Waals surface area contributed by atoms with E-state index in [1.165, 1.54) is 6.92 Å². The van der Waals surface area contributed by atoms with Crippen LogP contribution in [0.4, 0.5) is 5.69 Å². The third kappa shape index (κ3) is 5.37. The summed E-state index contributed by atoms with van der Waals surface area (Å²) in [7, 11) is 1.75. The summed E-state index contributed by atoms with van der Waals surface area (Å²) < 4.78 is 5.24. The fourth-order valence-electron chi connectivity index (χ4n) is 2.50. The highest BCUT2D eigenvalue weighted by Crippen LogP contribution is 2.11. The molecule has 0 bridgehead atoms. The molecule has 0 aromatic heterocycles. The molecule has 0 aliphatic carbocycles. The normalized spacial score (nSPS) is 15.8. The molecule has 25 heavy (non-hydrogen) atoms. The van der Waals surface area contributed by atoms with E-state index in [9.17, 15) is 14.4 Å². The number of benzene rings is 1. The Morgan fingerprint density at radius 2 is 1.80 bits per heavy atom. The van der Waals surface area contributed by atoms with Gasteiger partial charge in [-0.15, -0.1) is 0 Å². The zero-order chi connectivity index (χ0) is 18.4. The van der Waals surface area contributed by atoms with E-state index in [1.54, 1.807) is 48.0 Å². The summed E-state index contributed by atoms with van der Waals surface area (Å²) in [5.41, 5.74) is 1.22. The Morgan fingerprint density at radius 1 is 1.20 bits per heavy atom. The summed E-state index contributed by atoms with van der Waals surface area (Å²) in [5.74, 6) is -0.225. The topological polar surface area (TPSA) is 79.0 Å². The maximum Gasteiger partial charge on any atom is 0.241 e. The van der Waals surface area contributed by atoms with Crippen LogP contribution >= 0.6 is 0 Å². The molecule has 0 spiro atoms. The average molecular weight is 347 g/mol. The van der Waals surface area contributed by atoms with Gasteiger partial charge < -0.3 is 15.0 Å². The molecule has 1 fully saturated rings. The minimum Gasteiger partial charge on any atom is -0.378 e. The molecular weight excluding hydrogens is 322 g/mol. The van der Waals surface area contributed by atoms with Crippen LogP contribution in [0.15, 0.2) is 24.3 Å². The minimum absolute atomic E-state index is 0.00346. The second-order valence-electron chi connectivity index (χ2n) is 6.21. The van der Waals surface area contributed by atoms with Crippen LogP contribution in [-0.4, -0.2) is 73.3 Å². The lowest BCUT2D eigenvalue weighted by Gasteiger charge is -2.30. The largest absolute Gasteiger partial charge is 0.378 e. The third-order valence-electron chi connectivity index (χ3n) is 4.35. The molecule has 1 heterocycles. The van der Waals surface area contributed by atoms with Crippen LogP contribution in [0, 0.1) is 0 Å². The van der Waals surface area contributed by atoms with Gasteiger partial charge in [0, 0.05) is 24.3 Å². The Kier molecular flexibility index (Phi) is 6.66. The van der Waals surface area contributed by atoms with Crippen molar-refractivity contribution in [3.8, 4) is 0 Å². The molecule has 1 atom stereocenters. The number of nitrogens with one attached hydrogen (secondary N) is 1. The first kappa shape index (κ1) is 19.1. The summed E-state index contributed by atoms with van der Waals surface area (Å²) >= 11 is 0. The second kappa shape index (κ2) is 8.73. The average Bonchev–Trinajstić information content (AvgIpc) is 2.62. The lowest BCUT2D eigenvalue weighted by molar-refractivity contribution is -0.137. The molecule has 1 aromatic carbocycles. The molecule has 2 rings (SSSR count). The fourth-order valence-corrected chi connectivity index (χ4v) is 2.50. The van der Waals surface area contributed by atoms with Gasteiger partial charge in [0.1, 0.15) is 0 Å². The highest BCUT2D eigenvalue weighted by atomic mass is 16.5. The van der Waals surface area contributed by atoms with Gasteiger partial charge in [0.25, 0.3) is 0 Å². The second-order valence-corrected chi connectivity index (χ2v) is 6.21. The number of rotatable bonds is 6. The molecule has 1 aliphatic rings. The number of ketones is 1. The van der Waals surface area contributed by atoms with Gasteiger partial charge in [-0.2, -0.15) is 0 Å². The van der Waals surface area contributed by atoms with E-state index in [2.05, 4.69) is 5.32 Å². The maximum atomic E-state index is 12.4. The number of carbonyl (C=O) groups excluding carboxylic acids is 3. The number of hydrogen-bond acceptors (Lipinski definition) is 5. The number of amides is 2. The van der Waals surface area contributed by atoms with Gasteiger partial charge in [0.2, 0.25) is 11.8 Å². The zero-order valence-corrected chi connectivity index (χ0v) is 14.9. The van der Waals surface area contributed by atoms with Crippen molar-refractivity contribution in [3.05, 3.63) is 29.8 Å². The Morgan fingerprint density at radius 3 is 2.36 bits per heavy atom. The van der Waals surface area contributed by atoms with Crippen molar-refractivity contribution >= 4 is 23.3 Å². The highest BCUT2D eigenvalue weighted by Gasteiger charge is 2.23. The Balaban J connectivity index is 1.87. The van der Waals surface area contributed by atoms with Crippen molar-refractivity contribution in [2.24, 2.45) is 0 Å². The summed E-state index contributed by atoms with van der Waals surface area (Å²) in [5, 5.41) is 2.80. The standard InChI is InChI=1S/C18H25N3O4/c1-13(20(3)12-17(23)21-8-10-25-11-9-21)18(24)19-16-6-4-15(5-7-16)14(2)22/h4-7,13H,8-12H2,1-3H3,(H,19,24)/t13-/m0/s1. The number of morpholine rings is 1. The zero-order valence-electron chi connectivity index (χ0n) is 14.9. The van der Waals surface area contributed by atoms with Crippen molar-refractivity contribution in [2.45, 2.75) is 19.9 Å². The summed E-state index contributed by atoms with van der Waals surface area (Å²) in [6, 6.07) is 6.28. The number of anilines is 1. The molecule has 2 amide bonds. The van der Waals surface area contributed by atoms with Gasteiger partial charge in [-0.05, 0) is 45.2 Å². The van der Waals surface area contributed by atoms with E-state index < -0.39 is 6.04 Å². The quantitative estimate of drug-likeness (QED) is 0.777. The first-order valence-corrected chi connectivity index (χ1v) is 8.36. The molecule has 1 aliphatic heterocycles. The lowest BCUT2D eigenvalue weighted by Crippen LogP contribution is -2.48. The number of carbonyl (C=O) groups is 3. The molecule has 7 heteroatoms. The van der Waals surface area contributed by atoms with Crippen LogP contribution in [0.2, 0.25) is 0 Å². The molecule has 7 nitrogen and oxygen atoms in total. The summed E-state index contributed by atoms with van der Waals surface area (Å²) in [6.07, 6.45) is 0. The van der Waals surface area contributed by atoms with Crippen LogP contribution < -0.4 is 5.32 Å². The molecular formula is C18H25N3O4.